The van der Waals surface area contributed by atoms with Crippen molar-refractivity contribution in [3.8, 4) is 5.69 Å². The van der Waals surface area contributed by atoms with Crippen molar-refractivity contribution in [1.29, 1.82) is 0 Å². The van der Waals surface area contributed by atoms with Gasteiger partial charge in [-0.3, -0.25) is 4.79 Å². The number of carbonyl (C=O) groups excluding carboxylic acids is 2. The van der Waals surface area contributed by atoms with E-state index in [1.54, 1.807) is 50.6 Å². The van der Waals surface area contributed by atoms with Crippen LogP contribution in [-0.4, -0.2) is 41.4 Å². The van der Waals surface area contributed by atoms with E-state index in [1.165, 1.54) is 12.1 Å². The molecule has 0 fully saturated rings. The molecule has 1 atom stereocenters. The quantitative estimate of drug-likeness (QED) is 0.332. The molecule has 1 N–H and O–H groups in total. The number of nitrogens with one attached hydrogen (secondary N) is 1. The van der Waals surface area contributed by atoms with Crippen LogP contribution >= 0.6 is 11.6 Å². The van der Waals surface area contributed by atoms with Crippen LogP contribution in [-0.2, 0) is 32.4 Å². The highest BCUT2D eigenvalue weighted by atomic mass is 35.5. The molecule has 39 heavy (non-hydrogen) atoms. The Morgan fingerprint density at radius 1 is 1.13 bits per heavy atom. The van der Waals surface area contributed by atoms with E-state index in [0.29, 0.717) is 17.0 Å². The Labute approximate surface area is 233 Å². The van der Waals surface area contributed by atoms with Crippen LogP contribution in [0.25, 0.3) is 5.69 Å². The molecule has 0 spiro atoms. The Bertz CT molecular complexity index is 1460. The van der Waals surface area contributed by atoms with E-state index < -0.39 is 39.2 Å². The maximum atomic E-state index is 14.8. The number of rotatable bonds is 10. The number of halogens is 2. The summed E-state index contributed by atoms with van der Waals surface area (Å²) in [5.41, 5.74) is 2.27. The second kappa shape index (κ2) is 12.3. The predicted molar refractivity (Wildman–Crippen MR) is 148 cm³/mol. The van der Waals surface area contributed by atoms with Gasteiger partial charge in [0.1, 0.15) is 17.2 Å². The minimum Gasteiger partial charge on any atom is -0.443 e. The average Bonchev–Trinajstić information content (AvgIpc) is 3.20. The van der Waals surface area contributed by atoms with Crippen LogP contribution in [0.3, 0.4) is 0 Å². The molecule has 1 amide bonds. The number of sulfonamides is 1. The summed E-state index contributed by atoms with van der Waals surface area (Å²) in [5, 5.41) is 5.10. The third-order valence-corrected chi connectivity index (χ3v) is 7.38. The van der Waals surface area contributed by atoms with Gasteiger partial charge in [0.25, 0.3) is 0 Å². The second-order valence-electron chi connectivity index (χ2n) is 10.4. The number of aromatic nitrogens is 2. The lowest BCUT2D eigenvalue weighted by atomic mass is 9.92. The largest absolute Gasteiger partial charge is 0.443 e. The molecule has 0 aliphatic rings. The Morgan fingerprint density at radius 2 is 1.85 bits per heavy atom. The van der Waals surface area contributed by atoms with Crippen LogP contribution in [0.15, 0.2) is 48.5 Å². The number of ketones is 1. The Kier molecular flexibility index (Phi) is 9.55. The lowest BCUT2D eigenvalue weighted by Gasteiger charge is -2.19. The van der Waals surface area contributed by atoms with E-state index in [9.17, 15) is 22.4 Å². The number of aryl methyl sites for hydroxylation is 3. The Morgan fingerprint density at radius 3 is 2.49 bits per heavy atom. The van der Waals surface area contributed by atoms with Crippen LogP contribution in [0, 0.1) is 12.7 Å². The molecule has 1 aromatic heterocycles. The molecule has 0 aliphatic carbocycles. The summed E-state index contributed by atoms with van der Waals surface area (Å²) in [6.45, 7) is 8.42. The molecule has 0 saturated heterocycles. The lowest BCUT2D eigenvalue weighted by molar-refractivity contribution is -0.120. The lowest BCUT2D eigenvalue weighted by Crippen LogP contribution is -2.37. The van der Waals surface area contributed by atoms with E-state index in [2.05, 4.69) is 5.10 Å². The molecule has 8 nitrogen and oxygen atoms in total. The van der Waals surface area contributed by atoms with Crippen molar-refractivity contribution in [3.63, 3.8) is 0 Å². The molecular weight excluding hydrogens is 545 g/mol. The minimum atomic E-state index is -4.03. The third-order valence-electron chi connectivity index (χ3n) is 5.92. The zero-order chi connectivity index (χ0) is 29.0. The number of nitrogens with zero attached hydrogens (tertiary/aromatic N) is 2. The summed E-state index contributed by atoms with van der Waals surface area (Å²) in [5.74, 6) is -1.75. The highest BCUT2D eigenvalue weighted by molar-refractivity contribution is 7.90. The van der Waals surface area contributed by atoms with E-state index in [-0.39, 0.29) is 24.2 Å². The van der Waals surface area contributed by atoms with Crippen molar-refractivity contribution in [1.82, 2.24) is 14.5 Å². The van der Waals surface area contributed by atoms with Crippen LogP contribution in [0.4, 0.5) is 9.18 Å². The first-order valence-corrected chi connectivity index (χ1v) is 14.5. The molecule has 1 unspecified atom stereocenters. The van der Waals surface area contributed by atoms with Crippen molar-refractivity contribution in [2.24, 2.45) is 0 Å². The SMILES string of the molecule is Cc1cc(CCC(=O)C(C)c2ccc(CCS(=O)(=O)NC(=O)OC(C)(C)C)c(F)c2)n(-c2cccc(Cl)c2)n1. The van der Waals surface area contributed by atoms with E-state index in [1.807, 2.05) is 29.8 Å². The van der Waals surface area contributed by atoms with Gasteiger partial charge in [0.05, 0.1) is 17.1 Å². The molecule has 3 rings (SSSR count). The summed E-state index contributed by atoms with van der Waals surface area (Å²) in [6.07, 6.45) is -0.569. The number of benzene rings is 2. The maximum Gasteiger partial charge on any atom is 0.421 e. The summed E-state index contributed by atoms with van der Waals surface area (Å²) >= 11 is 6.12. The van der Waals surface area contributed by atoms with E-state index in [4.69, 9.17) is 16.3 Å². The Balaban J connectivity index is 1.61. The van der Waals surface area contributed by atoms with Crippen LogP contribution in [0.1, 0.15) is 62.5 Å². The van der Waals surface area contributed by atoms with Crippen molar-refractivity contribution >= 4 is 33.5 Å². The molecule has 2 aromatic carbocycles. The van der Waals surface area contributed by atoms with Gasteiger partial charge in [-0.1, -0.05) is 36.7 Å². The van der Waals surface area contributed by atoms with E-state index >= 15 is 0 Å². The molecule has 0 saturated carbocycles. The van der Waals surface area contributed by atoms with Gasteiger partial charge in [-0.25, -0.2) is 27.0 Å². The molecule has 1 heterocycles. The number of amides is 1. The number of hydrogen-bond acceptors (Lipinski definition) is 6. The zero-order valence-corrected chi connectivity index (χ0v) is 24.2. The van der Waals surface area contributed by atoms with Gasteiger partial charge in [0.2, 0.25) is 10.0 Å². The van der Waals surface area contributed by atoms with Crippen LogP contribution < -0.4 is 4.72 Å². The normalized spacial score (nSPS) is 12.7. The molecule has 0 radical (unpaired) electrons. The summed E-state index contributed by atoms with van der Waals surface area (Å²) in [6, 6.07) is 13.5. The molecular formula is C28H33ClFN3O5S. The molecule has 3 aromatic rings. The van der Waals surface area contributed by atoms with Crippen molar-refractivity contribution in [3.05, 3.63) is 81.9 Å². The minimum absolute atomic E-state index is 0.0669. The summed E-state index contributed by atoms with van der Waals surface area (Å²) in [4.78, 5) is 24.7. The zero-order valence-electron chi connectivity index (χ0n) is 22.6. The average molecular weight is 578 g/mol. The van der Waals surface area contributed by atoms with Gasteiger partial charge < -0.3 is 4.74 Å². The fourth-order valence-electron chi connectivity index (χ4n) is 3.97. The van der Waals surface area contributed by atoms with Crippen molar-refractivity contribution in [2.45, 2.75) is 65.4 Å². The first kappa shape index (κ1) is 30.3. The van der Waals surface area contributed by atoms with E-state index in [0.717, 1.165) is 17.1 Å². The Hall–Kier alpha value is -3.24. The number of carbonyl (C=O) groups is 2. The van der Waals surface area contributed by atoms with Gasteiger partial charge in [0.15, 0.2) is 0 Å². The van der Waals surface area contributed by atoms with Gasteiger partial charge in [-0.05, 0) is 82.0 Å². The van der Waals surface area contributed by atoms with Gasteiger partial charge >= 0.3 is 6.09 Å². The van der Waals surface area contributed by atoms with Crippen molar-refractivity contribution < 1.29 is 27.1 Å². The highest BCUT2D eigenvalue weighted by Gasteiger charge is 2.23. The number of hydrogen-bond donors (Lipinski definition) is 1. The standard InChI is InChI=1S/C28H33ClFN3O5S/c1-18-15-24(33(31-18)23-8-6-7-22(29)17-23)11-12-26(34)19(2)21-10-9-20(25(30)16-21)13-14-39(36,37)32-27(35)38-28(3,4)5/h6-10,15-17,19H,11-14H2,1-5H3,(H,32,35). The highest BCUT2D eigenvalue weighted by Crippen LogP contribution is 2.23. The van der Waals surface area contributed by atoms with Gasteiger partial charge in [0, 0.05) is 23.1 Å². The van der Waals surface area contributed by atoms with Crippen LogP contribution in [0.2, 0.25) is 5.02 Å². The fourth-order valence-corrected chi connectivity index (χ4v) is 5.04. The number of ether oxygens (including phenoxy) is 1. The monoisotopic (exact) mass is 577 g/mol. The number of Topliss-reactive ketones (excluding diaryl/α,β-unsaturated/α-hetero) is 1. The molecule has 11 heteroatoms. The topological polar surface area (TPSA) is 107 Å². The van der Waals surface area contributed by atoms with Gasteiger partial charge in [-0.15, -0.1) is 0 Å². The second-order valence-corrected chi connectivity index (χ2v) is 12.7. The summed E-state index contributed by atoms with van der Waals surface area (Å²) < 4.78 is 47.8. The van der Waals surface area contributed by atoms with Crippen LogP contribution in [0.5, 0.6) is 0 Å². The van der Waals surface area contributed by atoms with Crippen molar-refractivity contribution in [2.75, 3.05) is 5.75 Å². The molecule has 0 bridgehead atoms. The third kappa shape index (κ3) is 8.90. The first-order valence-electron chi connectivity index (χ1n) is 12.5. The summed E-state index contributed by atoms with van der Waals surface area (Å²) in [7, 11) is -4.03. The smallest absolute Gasteiger partial charge is 0.421 e. The predicted octanol–water partition coefficient (Wildman–Crippen LogP) is 5.68. The fraction of sp³-hybridized carbons (Fsp3) is 0.393. The molecule has 0 aliphatic heterocycles. The first-order chi connectivity index (χ1) is 18.1. The maximum absolute atomic E-state index is 14.8. The van der Waals surface area contributed by atoms with Gasteiger partial charge in [-0.2, -0.15) is 5.10 Å². The molecule has 210 valence electrons.